The standard InChI is InChI=1S/C21H27AsN4O/c27-19(11-8-15-4-2-1-3-5-15)17-9-6-16(7-10-17)12-22-20-18-13-25-26-21(18)24-14-23-20/h1-5,13-14,16-17,19,22,27H,6-12H2,(H,23,24,25,26)/t16-,17+,19?. The van der Waals surface area contributed by atoms with Crippen LogP contribution in [0.15, 0.2) is 42.9 Å². The molecule has 27 heavy (non-hydrogen) atoms. The zero-order chi connectivity index (χ0) is 18.5. The number of aliphatic hydroxyl groups is 1. The summed E-state index contributed by atoms with van der Waals surface area (Å²) in [6.45, 7) is 0. The van der Waals surface area contributed by atoms with E-state index < -0.39 is 0 Å². The Hall–Kier alpha value is -1.71. The van der Waals surface area contributed by atoms with E-state index in [1.54, 1.807) is 6.33 Å². The molecule has 142 valence electrons. The second-order valence-corrected chi connectivity index (χ2v) is 10.2. The molecule has 1 aliphatic carbocycles. The number of benzene rings is 1. The van der Waals surface area contributed by atoms with Gasteiger partial charge in [0.2, 0.25) is 0 Å². The molecule has 5 nitrogen and oxygen atoms in total. The van der Waals surface area contributed by atoms with Crippen molar-refractivity contribution in [3.8, 4) is 0 Å². The molecule has 2 heterocycles. The van der Waals surface area contributed by atoms with Gasteiger partial charge in [-0.25, -0.2) is 0 Å². The van der Waals surface area contributed by atoms with Crippen molar-refractivity contribution in [3.63, 3.8) is 0 Å². The fraction of sp³-hybridized carbons (Fsp3) is 0.476. The van der Waals surface area contributed by atoms with Crippen LogP contribution < -0.4 is 4.48 Å². The molecule has 3 aromatic rings. The van der Waals surface area contributed by atoms with Gasteiger partial charge in [0.25, 0.3) is 0 Å². The van der Waals surface area contributed by atoms with Gasteiger partial charge in [-0.3, -0.25) is 0 Å². The summed E-state index contributed by atoms with van der Waals surface area (Å²) in [4.78, 5) is 8.73. The third-order valence-electron chi connectivity index (χ3n) is 5.81. The molecule has 6 heteroatoms. The van der Waals surface area contributed by atoms with Gasteiger partial charge in [-0.05, 0) is 0 Å². The van der Waals surface area contributed by atoms with Gasteiger partial charge in [0, 0.05) is 0 Å². The number of rotatable bonds is 7. The van der Waals surface area contributed by atoms with Gasteiger partial charge in [-0.15, -0.1) is 0 Å². The molecule has 2 N–H and O–H groups in total. The molecule has 1 aliphatic rings. The molecule has 0 saturated heterocycles. The summed E-state index contributed by atoms with van der Waals surface area (Å²) in [7, 11) is 0. The molecule has 0 amide bonds. The molecule has 0 aliphatic heterocycles. The van der Waals surface area contributed by atoms with E-state index in [9.17, 15) is 5.11 Å². The van der Waals surface area contributed by atoms with Gasteiger partial charge < -0.3 is 0 Å². The topological polar surface area (TPSA) is 74.7 Å². The van der Waals surface area contributed by atoms with Crippen LogP contribution in [-0.4, -0.2) is 47.1 Å². The van der Waals surface area contributed by atoms with Crippen LogP contribution in [0.1, 0.15) is 37.7 Å². The molecule has 0 radical (unpaired) electrons. The van der Waals surface area contributed by atoms with Crippen LogP contribution in [0.2, 0.25) is 5.21 Å². The Morgan fingerprint density at radius 2 is 1.93 bits per heavy atom. The third-order valence-corrected chi connectivity index (χ3v) is 8.99. The quantitative estimate of drug-likeness (QED) is 0.570. The van der Waals surface area contributed by atoms with Crippen molar-refractivity contribution in [3.05, 3.63) is 48.4 Å². The summed E-state index contributed by atoms with van der Waals surface area (Å²) in [5, 5.41) is 20.0. The Morgan fingerprint density at radius 3 is 2.74 bits per heavy atom. The van der Waals surface area contributed by atoms with Crippen molar-refractivity contribution in [2.24, 2.45) is 11.8 Å². The zero-order valence-corrected chi connectivity index (χ0v) is 17.6. The summed E-state index contributed by atoms with van der Waals surface area (Å²) in [5.41, 5.74) is 2.18. The first-order valence-corrected chi connectivity index (χ1v) is 12.4. The van der Waals surface area contributed by atoms with Crippen LogP contribution in [0, 0.1) is 11.8 Å². The minimum absolute atomic E-state index is 0.158. The normalized spacial score (nSPS) is 21.8. The number of fused-ring (bicyclic) bond motifs is 1. The van der Waals surface area contributed by atoms with Gasteiger partial charge in [-0.1, -0.05) is 0 Å². The van der Waals surface area contributed by atoms with E-state index in [1.807, 2.05) is 12.3 Å². The van der Waals surface area contributed by atoms with Gasteiger partial charge in [0.15, 0.2) is 0 Å². The Labute approximate surface area is 166 Å². The molecule has 1 aromatic carbocycles. The predicted molar refractivity (Wildman–Crippen MR) is 109 cm³/mol. The Morgan fingerprint density at radius 1 is 1.11 bits per heavy atom. The SMILES string of the molecule is OC(CCc1ccccc1)[C@H]1CC[C@@H](C[AsH]c2ncnc3[nH]ncc23)CC1. The predicted octanol–water partition coefficient (Wildman–Crippen LogP) is 2.63. The molecule has 1 fully saturated rings. The van der Waals surface area contributed by atoms with Crippen LogP contribution in [0.5, 0.6) is 0 Å². The van der Waals surface area contributed by atoms with Gasteiger partial charge >= 0.3 is 167 Å². The van der Waals surface area contributed by atoms with Crippen molar-refractivity contribution < 1.29 is 5.11 Å². The van der Waals surface area contributed by atoms with Crippen LogP contribution in [-0.2, 0) is 6.42 Å². The maximum absolute atomic E-state index is 10.6. The van der Waals surface area contributed by atoms with Crippen molar-refractivity contribution in [1.82, 2.24) is 20.2 Å². The van der Waals surface area contributed by atoms with E-state index in [2.05, 4.69) is 44.4 Å². The molecule has 4 rings (SSSR count). The molecule has 2 unspecified atom stereocenters. The van der Waals surface area contributed by atoms with E-state index in [0.29, 0.717) is 5.92 Å². The van der Waals surface area contributed by atoms with E-state index in [4.69, 9.17) is 0 Å². The summed E-state index contributed by atoms with van der Waals surface area (Å²) in [6, 6.07) is 10.5. The minimum atomic E-state index is -0.265. The summed E-state index contributed by atoms with van der Waals surface area (Å²) >= 11 is -0.265. The summed E-state index contributed by atoms with van der Waals surface area (Å²) < 4.78 is 1.22. The number of hydrogen-bond acceptors (Lipinski definition) is 4. The Balaban J connectivity index is 1.22. The van der Waals surface area contributed by atoms with Gasteiger partial charge in [0.05, 0.1) is 0 Å². The van der Waals surface area contributed by atoms with Crippen molar-refractivity contribution >= 4 is 31.3 Å². The molecular weight excluding hydrogens is 399 g/mol. The first kappa shape index (κ1) is 18.6. The molecule has 0 spiro atoms. The van der Waals surface area contributed by atoms with Crippen LogP contribution in [0.25, 0.3) is 11.0 Å². The second kappa shape index (κ2) is 8.99. The second-order valence-electron chi connectivity index (χ2n) is 7.61. The monoisotopic (exact) mass is 426 g/mol. The maximum atomic E-state index is 10.6. The van der Waals surface area contributed by atoms with Crippen molar-refractivity contribution in [2.75, 3.05) is 0 Å². The molecule has 2 atom stereocenters. The fourth-order valence-electron chi connectivity index (χ4n) is 4.12. The average Bonchev–Trinajstić information content (AvgIpc) is 3.21. The molecule has 1 saturated carbocycles. The van der Waals surface area contributed by atoms with Crippen LogP contribution in [0.4, 0.5) is 0 Å². The molecule has 2 aromatic heterocycles. The summed E-state index contributed by atoms with van der Waals surface area (Å²) in [5.74, 6) is 1.27. The van der Waals surface area contributed by atoms with E-state index in [0.717, 1.165) is 42.6 Å². The third kappa shape index (κ3) is 4.77. The van der Waals surface area contributed by atoms with Crippen molar-refractivity contribution in [2.45, 2.75) is 49.8 Å². The molecular formula is C21H27AsN4O. The van der Waals surface area contributed by atoms with Gasteiger partial charge in [0.1, 0.15) is 0 Å². The van der Waals surface area contributed by atoms with Gasteiger partial charge in [-0.2, -0.15) is 0 Å². The fourth-order valence-corrected chi connectivity index (χ4v) is 7.08. The Bertz CT molecular complexity index is 846. The van der Waals surface area contributed by atoms with Crippen LogP contribution in [0.3, 0.4) is 0 Å². The first-order chi connectivity index (χ1) is 13.3. The number of aliphatic hydroxyl groups excluding tert-OH is 1. The number of aromatic amines is 1. The summed E-state index contributed by atoms with van der Waals surface area (Å²) in [6.07, 6.45) is 10.0. The number of nitrogens with one attached hydrogen (secondary N) is 1. The number of H-pyrrole nitrogens is 1. The number of nitrogens with zero attached hydrogens (tertiary/aromatic N) is 3. The number of hydrogen-bond donors (Lipinski definition) is 2. The average molecular weight is 426 g/mol. The van der Waals surface area contributed by atoms with E-state index in [1.165, 1.54) is 28.1 Å². The number of aryl methyl sites for hydroxylation is 1. The van der Waals surface area contributed by atoms with Crippen LogP contribution >= 0.6 is 0 Å². The van der Waals surface area contributed by atoms with Crippen molar-refractivity contribution in [1.29, 1.82) is 0 Å². The number of aromatic nitrogens is 4. The Kier molecular flexibility index (Phi) is 6.20. The van der Waals surface area contributed by atoms with E-state index >= 15 is 0 Å². The molecule has 0 bridgehead atoms. The van der Waals surface area contributed by atoms with E-state index in [-0.39, 0.29) is 21.9 Å². The first-order valence-electron chi connectivity index (χ1n) is 9.89. The zero-order valence-electron chi connectivity index (χ0n) is 15.5.